The summed E-state index contributed by atoms with van der Waals surface area (Å²) in [5.74, 6) is -0.291. The van der Waals surface area contributed by atoms with Gasteiger partial charge in [-0.1, -0.05) is 36.5 Å². The third-order valence-corrected chi connectivity index (χ3v) is 5.86. The lowest BCUT2D eigenvalue weighted by Gasteiger charge is -2.14. The Morgan fingerprint density at radius 2 is 1.85 bits per heavy atom. The van der Waals surface area contributed by atoms with Crippen LogP contribution in [0.4, 0.5) is 5.69 Å². The first-order valence-electron chi connectivity index (χ1n) is 10.6. The molecule has 4 aromatic rings. The molecule has 1 unspecified atom stereocenters. The van der Waals surface area contributed by atoms with E-state index in [9.17, 15) is 14.4 Å². The third-order valence-electron chi connectivity index (χ3n) is 4.81. The van der Waals surface area contributed by atoms with Crippen molar-refractivity contribution in [2.45, 2.75) is 33.0 Å². The van der Waals surface area contributed by atoms with E-state index < -0.39 is 12.1 Å². The van der Waals surface area contributed by atoms with Crippen LogP contribution in [0.3, 0.4) is 0 Å². The van der Waals surface area contributed by atoms with E-state index in [1.807, 2.05) is 25.1 Å². The van der Waals surface area contributed by atoms with Gasteiger partial charge in [-0.05, 0) is 49.7 Å². The van der Waals surface area contributed by atoms with Gasteiger partial charge in [-0.2, -0.15) is 9.61 Å². The molecular weight excluding hydrogens is 456 g/mol. The van der Waals surface area contributed by atoms with Gasteiger partial charge in [0.1, 0.15) is 17.4 Å². The number of aromatic nitrogens is 3. The molecule has 0 aliphatic carbocycles. The number of esters is 1. The van der Waals surface area contributed by atoms with Crippen LogP contribution >= 0.6 is 11.3 Å². The predicted molar refractivity (Wildman–Crippen MR) is 127 cm³/mol. The fourth-order valence-electron chi connectivity index (χ4n) is 3.03. The molecule has 10 heteroatoms. The maximum Gasteiger partial charge on any atom is 0.338 e. The van der Waals surface area contributed by atoms with Crippen LogP contribution in [0.5, 0.6) is 5.75 Å². The normalized spacial score (nSPS) is 11.7. The zero-order valence-electron chi connectivity index (χ0n) is 18.6. The molecule has 2 aromatic carbocycles. The topological polar surface area (TPSA) is 112 Å². The maximum atomic E-state index is 12.4. The van der Waals surface area contributed by atoms with Gasteiger partial charge in [-0.25, -0.2) is 9.78 Å². The lowest BCUT2D eigenvalue weighted by molar-refractivity contribution is -0.122. The van der Waals surface area contributed by atoms with Gasteiger partial charge in [0.05, 0.1) is 11.3 Å². The van der Waals surface area contributed by atoms with Gasteiger partial charge < -0.3 is 14.8 Å². The Labute approximate surface area is 199 Å². The molecule has 0 fully saturated rings. The molecule has 0 bridgehead atoms. The number of rotatable bonds is 8. The van der Waals surface area contributed by atoms with Gasteiger partial charge in [-0.3, -0.25) is 9.59 Å². The number of fused-ring (bicyclic) bond motifs is 1. The Balaban J connectivity index is 1.33. The monoisotopic (exact) mass is 478 g/mol. The number of carbonyl (C=O) groups is 2. The number of hydrogen-bond donors (Lipinski definition) is 1. The lowest BCUT2D eigenvalue weighted by atomic mass is 10.2. The summed E-state index contributed by atoms with van der Waals surface area (Å²) >= 11 is 1.32. The quantitative estimate of drug-likeness (QED) is 0.386. The van der Waals surface area contributed by atoms with Crippen LogP contribution in [0.2, 0.25) is 0 Å². The molecule has 174 valence electrons. The molecular formula is C24H22N4O5S. The summed E-state index contributed by atoms with van der Waals surface area (Å²) in [6, 6.07) is 16.7. The number of aryl methyl sites for hydroxylation is 1. The molecule has 0 spiro atoms. The van der Waals surface area contributed by atoms with Gasteiger partial charge in [0, 0.05) is 11.8 Å². The summed E-state index contributed by atoms with van der Waals surface area (Å²) in [4.78, 5) is 41.8. The summed E-state index contributed by atoms with van der Waals surface area (Å²) in [5.41, 5.74) is 0.844. The van der Waals surface area contributed by atoms with Gasteiger partial charge in [0.15, 0.2) is 6.10 Å². The number of para-hydroxylation sites is 1. The first kappa shape index (κ1) is 23.1. The summed E-state index contributed by atoms with van der Waals surface area (Å²) in [7, 11) is 0. The lowest BCUT2D eigenvalue weighted by Crippen LogP contribution is -2.30. The summed E-state index contributed by atoms with van der Waals surface area (Å²) in [5, 5.41) is 7.74. The third kappa shape index (κ3) is 5.46. The van der Waals surface area contributed by atoms with Crippen molar-refractivity contribution in [1.82, 2.24) is 14.6 Å². The molecule has 1 N–H and O–H groups in total. The highest BCUT2D eigenvalue weighted by Gasteiger charge is 2.16. The minimum atomic E-state index is -0.701. The van der Waals surface area contributed by atoms with Gasteiger partial charge in [0.25, 0.3) is 11.5 Å². The van der Waals surface area contributed by atoms with Crippen molar-refractivity contribution in [2.24, 2.45) is 0 Å². The van der Waals surface area contributed by atoms with Crippen LogP contribution in [0, 0.1) is 0 Å². The molecule has 1 amide bonds. The van der Waals surface area contributed by atoms with Crippen LogP contribution in [-0.2, 0) is 22.6 Å². The Hall–Kier alpha value is -4.05. The zero-order valence-corrected chi connectivity index (χ0v) is 19.4. The van der Waals surface area contributed by atoms with Gasteiger partial charge in [-0.15, -0.1) is 0 Å². The van der Waals surface area contributed by atoms with E-state index in [0.29, 0.717) is 34.1 Å². The summed E-state index contributed by atoms with van der Waals surface area (Å²) in [6.07, 6.45) is 0.000568. The standard InChI is InChI=1S/C24H22N4O5S/c1-3-20-27-28-21(29)13-18(26-24(28)34-20)14-32-23(31)16-9-11-17(12-10-16)25-22(30)15(2)33-19-7-5-4-6-8-19/h4-13,15H,3,14H2,1-2H3,(H,25,30). The molecule has 0 saturated carbocycles. The molecule has 2 heterocycles. The van der Waals surface area contributed by atoms with E-state index >= 15 is 0 Å². The fraction of sp³-hybridized carbons (Fsp3) is 0.208. The molecule has 0 aliphatic heterocycles. The van der Waals surface area contributed by atoms with Crippen molar-refractivity contribution < 1.29 is 19.1 Å². The number of carbonyl (C=O) groups excluding carboxylic acids is 2. The van der Waals surface area contributed by atoms with E-state index in [2.05, 4.69) is 15.4 Å². The first-order chi connectivity index (χ1) is 16.4. The number of nitrogens with one attached hydrogen (secondary N) is 1. The van der Waals surface area contributed by atoms with Crippen LogP contribution in [0.1, 0.15) is 34.9 Å². The molecule has 2 aromatic heterocycles. The number of anilines is 1. The van der Waals surface area contributed by atoms with E-state index in [1.165, 1.54) is 21.9 Å². The Morgan fingerprint density at radius 1 is 1.12 bits per heavy atom. The smallest absolute Gasteiger partial charge is 0.338 e. The molecule has 0 saturated heterocycles. The van der Waals surface area contributed by atoms with Crippen molar-refractivity contribution in [3.05, 3.63) is 87.3 Å². The van der Waals surface area contributed by atoms with E-state index in [4.69, 9.17) is 9.47 Å². The van der Waals surface area contributed by atoms with E-state index in [-0.39, 0.29) is 18.1 Å². The molecule has 0 radical (unpaired) electrons. The highest BCUT2D eigenvalue weighted by atomic mass is 32.1. The predicted octanol–water partition coefficient (Wildman–Crippen LogP) is 3.48. The van der Waals surface area contributed by atoms with Crippen molar-refractivity contribution in [3.8, 4) is 5.75 Å². The fourth-order valence-corrected chi connectivity index (χ4v) is 3.88. The van der Waals surface area contributed by atoms with Gasteiger partial charge >= 0.3 is 5.97 Å². The molecule has 9 nitrogen and oxygen atoms in total. The minimum Gasteiger partial charge on any atom is -0.481 e. The van der Waals surface area contributed by atoms with Crippen LogP contribution in [-0.4, -0.2) is 32.6 Å². The average molecular weight is 479 g/mol. The zero-order chi connectivity index (χ0) is 24.1. The number of nitrogens with zero attached hydrogens (tertiary/aromatic N) is 3. The van der Waals surface area contributed by atoms with Crippen molar-refractivity contribution in [3.63, 3.8) is 0 Å². The Kier molecular flexibility index (Phi) is 6.98. The maximum absolute atomic E-state index is 12.4. The number of amides is 1. The molecule has 0 aliphatic rings. The van der Waals surface area contributed by atoms with Crippen molar-refractivity contribution >= 4 is 33.9 Å². The first-order valence-corrected chi connectivity index (χ1v) is 11.4. The van der Waals surface area contributed by atoms with Crippen LogP contribution in [0.25, 0.3) is 4.96 Å². The molecule has 4 rings (SSSR count). The number of hydrogen-bond acceptors (Lipinski definition) is 8. The average Bonchev–Trinajstić information content (AvgIpc) is 3.27. The Morgan fingerprint density at radius 3 is 2.56 bits per heavy atom. The van der Waals surface area contributed by atoms with Crippen LogP contribution in [0.15, 0.2) is 65.5 Å². The van der Waals surface area contributed by atoms with E-state index in [0.717, 1.165) is 5.01 Å². The second-order valence-corrected chi connectivity index (χ2v) is 8.39. The molecule has 1 atom stereocenters. The summed E-state index contributed by atoms with van der Waals surface area (Å²) < 4.78 is 12.2. The summed E-state index contributed by atoms with van der Waals surface area (Å²) in [6.45, 7) is 3.46. The van der Waals surface area contributed by atoms with Crippen molar-refractivity contribution in [1.29, 1.82) is 0 Å². The SMILES string of the molecule is CCc1nn2c(=O)cc(COC(=O)c3ccc(NC(=O)C(C)Oc4ccccc4)cc3)nc2s1. The second-order valence-electron chi connectivity index (χ2n) is 7.35. The second kappa shape index (κ2) is 10.3. The highest BCUT2D eigenvalue weighted by Crippen LogP contribution is 2.15. The highest BCUT2D eigenvalue weighted by molar-refractivity contribution is 7.16. The van der Waals surface area contributed by atoms with Crippen molar-refractivity contribution in [2.75, 3.05) is 5.32 Å². The van der Waals surface area contributed by atoms with Crippen LogP contribution < -0.4 is 15.6 Å². The molecule has 34 heavy (non-hydrogen) atoms. The van der Waals surface area contributed by atoms with E-state index in [1.54, 1.807) is 43.3 Å². The van der Waals surface area contributed by atoms with Gasteiger partial charge in [0.2, 0.25) is 4.96 Å². The minimum absolute atomic E-state index is 0.142. The largest absolute Gasteiger partial charge is 0.481 e. The number of ether oxygens (including phenoxy) is 2. The number of benzene rings is 2. The Bertz CT molecular complexity index is 1370.